The Kier molecular flexibility index (Phi) is 6.15. The number of benzene rings is 1. The molecule has 142 valence electrons. The zero-order valence-electron chi connectivity index (χ0n) is 14.7. The molecule has 4 aromatic rings. The fourth-order valence-electron chi connectivity index (χ4n) is 2.40. The summed E-state index contributed by atoms with van der Waals surface area (Å²) in [4.78, 5) is 22.1. The molecule has 0 fully saturated rings. The first kappa shape index (κ1) is 18.9. The molecule has 0 saturated carbocycles. The van der Waals surface area contributed by atoms with Crippen LogP contribution in [0.25, 0.3) is 10.6 Å². The monoisotopic (exact) mass is 428 g/mol. The Morgan fingerprint density at radius 2 is 2.00 bits per heavy atom. The predicted octanol–water partition coefficient (Wildman–Crippen LogP) is 5.12. The third-order valence-electron chi connectivity index (χ3n) is 3.72. The minimum absolute atomic E-state index is 0.0794. The molecule has 6 nitrogen and oxygen atoms in total. The third-order valence-corrected chi connectivity index (χ3v) is 6.62. The molecule has 28 heavy (non-hydrogen) atoms. The number of hydrogen-bond acceptors (Lipinski definition) is 8. The lowest BCUT2D eigenvalue weighted by Crippen LogP contribution is -2.12. The van der Waals surface area contributed by atoms with Crippen LogP contribution >= 0.6 is 34.4 Å². The van der Waals surface area contributed by atoms with E-state index in [1.54, 1.807) is 34.4 Å². The molecular weight excluding hydrogens is 412 g/mol. The van der Waals surface area contributed by atoms with Gasteiger partial charge in [0.1, 0.15) is 0 Å². The number of nitrogens with zero attached hydrogens (tertiary/aromatic N) is 3. The van der Waals surface area contributed by atoms with E-state index in [9.17, 15) is 4.79 Å². The first-order valence-corrected chi connectivity index (χ1v) is 11.3. The van der Waals surface area contributed by atoms with Gasteiger partial charge < -0.3 is 9.84 Å². The Morgan fingerprint density at radius 3 is 2.82 bits per heavy atom. The van der Waals surface area contributed by atoms with Crippen molar-refractivity contribution in [3.05, 3.63) is 64.9 Å². The summed E-state index contributed by atoms with van der Waals surface area (Å²) in [5.41, 5.74) is 1.78. The van der Waals surface area contributed by atoms with E-state index in [4.69, 9.17) is 4.52 Å². The van der Waals surface area contributed by atoms with Crippen molar-refractivity contribution in [2.45, 2.75) is 22.9 Å². The summed E-state index contributed by atoms with van der Waals surface area (Å²) in [6.07, 6.45) is 0.705. The highest BCUT2D eigenvalue weighted by Crippen LogP contribution is 2.31. The fraction of sp³-hybridized carbons (Fsp3) is 0.158. The van der Waals surface area contributed by atoms with E-state index in [0.717, 1.165) is 15.7 Å². The minimum Gasteiger partial charge on any atom is -0.339 e. The van der Waals surface area contributed by atoms with Gasteiger partial charge in [0.05, 0.1) is 16.3 Å². The highest BCUT2D eigenvalue weighted by Gasteiger charge is 2.11. The van der Waals surface area contributed by atoms with E-state index in [2.05, 4.69) is 31.9 Å². The zero-order valence-corrected chi connectivity index (χ0v) is 17.1. The predicted molar refractivity (Wildman–Crippen MR) is 113 cm³/mol. The molecule has 0 bridgehead atoms. The van der Waals surface area contributed by atoms with Crippen LogP contribution in [0.1, 0.15) is 18.1 Å². The maximum Gasteiger partial charge on any atom is 0.227 e. The van der Waals surface area contributed by atoms with Gasteiger partial charge in [0.15, 0.2) is 10.2 Å². The molecular formula is C19H16N4O2S3. The summed E-state index contributed by atoms with van der Waals surface area (Å²) >= 11 is 4.87. The normalized spacial score (nSPS) is 10.9. The Morgan fingerprint density at radius 1 is 1.11 bits per heavy atom. The highest BCUT2D eigenvalue weighted by molar-refractivity contribution is 8.00. The standard InChI is InChI=1S/C19H16N4O2S3/c24-17(20-13-5-2-1-3-6-13)8-9-18-22-16(23-25-18)12-28-19-21-14(11-27-19)15-7-4-10-26-15/h1-7,10-11H,8-9,12H2,(H,20,24). The first-order valence-electron chi connectivity index (χ1n) is 8.55. The summed E-state index contributed by atoms with van der Waals surface area (Å²) < 4.78 is 6.22. The number of amides is 1. The van der Waals surface area contributed by atoms with E-state index in [1.807, 2.05) is 41.8 Å². The van der Waals surface area contributed by atoms with Gasteiger partial charge in [-0.2, -0.15) is 4.98 Å². The SMILES string of the molecule is O=C(CCc1nc(CSc2nc(-c3cccs3)cs2)no1)Nc1ccccc1. The first-order chi connectivity index (χ1) is 13.8. The van der Waals surface area contributed by atoms with Crippen molar-refractivity contribution in [2.24, 2.45) is 0 Å². The van der Waals surface area contributed by atoms with Crippen LogP contribution in [0.15, 0.2) is 62.1 Å². The second-order valence-electron chi connectivity index (χ2n) is 5.78. The van der Waals surface area contributed by atoms with Crippen LogP contribution in [0.2, 0.25) is 0 Å². The van der Waals surface area contributed by atoms with Crippen molar-refractivity contribution in [1.82, 2.24) is 15.1 Å². The molecule has 0 atom stereocenters. The van der Waals surface area contributed by atoms with E-state index in [1.165, 1.54) is 4.88 Å². The number of aryl methyl sites for hydroxylation is 1. The van der Waals surface area contributed by atoms with Gasteiger partial charge in [-0.15, -0.1) is 22.7 Å². The summed E-state index contributed by atoms with van der Waals surface area (Å²) in [5, 5.41) is 10.9. The number of thiophene rings is 1. The summed E-state index contributed by atoms with van der Waals surface area (Å²) in [6.45, 7) is 0. The average Bonchev–Trinajstić information content (AvgIpc) is 3.47. The molecule has 0 aliphatic rings. The van der Waals surface area contributed by atoms with Crippen molar-refractivity contribution < 1.29 is 9.32 Å². The maximum absolute atomic E-state index is 12.0. The van der Waals surface area contributed by atoms with Gasteiger partial charge in [-0.25, -0.2) is 4.98 Å². The van der Waals surface area contributed by atoms with Gasteiger partial charge in [-0.05, 0) is 23.6 Å². The molecule has 9 heteroatoms. The molecule has 3 heterocycles. The lowest BCUT2D eigenvalue weighted by atomic mass is 10.2. The van der Waals surface area contributed by atoms with E-state index >= 15 is 0 Å². The molecule has 0 aliphatic carbocycles. The third kappa shape index (κ3) is 5.06. The second kappa shape index (κ2) is 9.13. The molecule has 3 aromatic heterocycles. The molecule has 1 N–H and O–H groups in total. The van der Waals surface area contributed by atoms with Crippen LogP contribution in [0.5, 0.6) is 0 Å². The number of nitrogens with one attached hydrogen (secondary N) is 1. The fourth-order valence-corrected chi connectivity index (χ4v) is 4.83. The topological polar surface area (TPSA) is 80.9 Å². The van der Waals surface area contributed by atoms with Gasteiger partial charge in [-0.3, -0.25) is 4.79 Å². The van der Waals surface area contributed by atoms with Crippen LogP contribution in [0.3, 0.4) is 0 Å². The Balaban J connectivity index is 1.25. The number of carbonyl (C=O) groups excluding carboxylic acids is 1. The Bertz CT molecular complexity index is 1030. The van der Waals surface area contributed by atoms with Gasteiger partial charge in [-0.1, -0.05) is 41.2 Å². The van der Waals surface area contributed by atoms with E-state index in [-0.39, 0.29) is 5.91 Å². The van der Waals surface area contributed by atoms with Crippen molar-refractivity contribution in [3.8, 4) is 10.6 Å². The van der Waals surface area contributed by atoms with Gasteiger partial charge in [0, 0.05) is 23.9 Å². The molecule has 0 saturated heterocycles. The lowest BCUT2D eigenvalue weighted by molar-refractivity contribution is -0.116. The molecule has 0 radical (unpaired) electrons. The number of rotatable bonds is 8. The van der Waals surface area contributed by atoms with Crippen molar-refractivity contribution >= 4 is 46.0 Å². The zero-order chi connectivity index (χ0) is 19.2. The Labute approximate surface area is 174 Å². The number of thiazole rings is 1. The van der Waals surface area contributed by atoms with E-state index < -0.39 is 0 Å². The van der Waals surface area contributed by atoms with Gasteiger partial charge in [0.2, 0.25) is 11.8 Å². The number of anilines is 1. The maximum atomic E-state index is 12.0. The van der Waals surface area contributed by atoms with Crippen LogP contribution in [-0.4, -0.2) is 21.0 Å². The number of aromatic nitrogens is 3. The summed E-state index contributed by atoms with van der Waals surface area (Å²) in [5.74, 6) is 1.58. The van der Waals surface area contributed by atoms with Crippen LogP contribution in [-0.2, 0) is 17.0 Å². The van der Waals surface area contributed by atoms with Crippen LogP contribution in [0, 0.1) is 0 Å². The molecule has 0 unspecified atom stereocenters. The van der Waals surface area contributed by atoms with Crippen molar-refractivity contribution in [1.29, 1.82) is 0 Å². The summed E-state index contributed by atoms with van der Waals surface area (Å²) in [6, 6.07) is 13.4. The van der Waals surface area contributed by atoms with Crippen molar-refractivity contribution in [3.63, 3.8) is 0 Å². The highest BCUT2D eigenvalue weighted by atomic mass is 32.2. The molecule has 1 aromatic carbocycles. The number of carbonyl (C=O) groups is 1. The number of thioether (sulfide) groups is 1. The average molecular weight is 429 g/mol. The molecule has 4 rings (SSSR count). The van der Waals surface area contributed by atoms with Gasteiger partial charge in [0.25, 0.3) is 0 Å². The minimum atomic E-state index is -0.0794. The summed E-state index contributed by atoms with van der Waals surface area (Å²) in [7, 11) is 0. The van der Waals surface area contributed by atoms with E-state index in [0.29, 0.717) is 30.3 Å². The van der Waals surface area contributed by atoms with Crippen LogP contribution in [0.4, 0.5) is 5.69 Å². The molecule has 1 amide bonds. The lowest BCUT2D eigenvalue weighted by Gasteiger charge is -2.02. The molecule has 0 spiro atoms. The number of para-hydroxylation sites is 1. The largest absolute Gasteiger partial charge is 0.339 e. The molecule has 0 aliphatic heterocycles. The number of hydrogen-bond donors (Lipinski definition) is 1. The van der Waals surface area contributed by atoms with Gasteiger partial charge >= 0.3 is 0 Å². The Hall–Kier alpha value is -2.49. The second-order valence-corrected chi connectivity index (χ2v) is 8.81. The quantitative estimate of drug-likeness (QED) is 0.392. The van der Waals surface area contributed by atoms with Crippen LogP contribution < -0.4 is 5.32 Å². The smallest absolute Gasteiger partial charge is 0.227 e. The van der Waals surface area contributed by atoms with Crippen molar-refractivity contribution in [2.75, 3.05) is 5.32 Å².